The summed E-state index contributed by atoms with van der Waals surface area (Å²) in [6, 6.07) is 3.34. The van der Waals surface area contributed by atoms with Gasteiger partial charge in [0.05, 0.1) is 19.6 Å². The van der Waals surface area contributed by atoms with E-state index < -0.39 is 11.8 Å². The Morgan fingerprint density at radius 1 is 1.35 bits per heavy atom. The zero-order chi connectivity index (χ0) is 14.1. The van der Waals surface area contributed by atoms with E-state index in [-0.39, 0.29) is 24.0 Å². The third-order valence-corrected chi connectivity index (χ3v) is 3.87. The molecule has 1 aliphatic heterocycles. The number of fused-ring (bicyclic) bond motifs is 1. The van der Waals surface area contributed by atoms with Crippen molar-refractivity contribution in [1.29, 1.82) is 0 Å². The predicted molar refractivity (Wildman–Crippen MR) is 69.7 cm³/mol. The highest BCUT2D eigenvalue weighted by molar-refractivity contribution is 5.68. The maximum absolute atomic E-state index is 14.6. The lowest BCUT2D eigenvalue weighted by atomic mass is 9.90. The van der Waals surface area contributed by atoms with E-state index in [1.807, 2.05) is 0 Å². The molecule has 4 nitrogen and oxygen atoms in total. The van der Waals surface area contributed by atoms with Gasteiger partial charge >= 0.3 is 5.97 Å². The van der Waals surface area contributed by atoms with Gasteiger partial charge in [-0.15, -0.1) is 0 Å². The van der Waals surface area contributed by atoms with Crippen LogP contribution in [0.4, 0.5) is 4.39 Å². The fourth-order valence-electron chi connectivity index (χ4n) is 2.72. The molecule has 1 heterocycles. The Kier molecular flexibility index (Phi) is 3.51. The highest BCUT2D eigenvalue weighted by Gasteiger charge is 2.36. The van der Waals surface area contributed by atoms with Crippen molar-refractivity contribution in [2.24, 2.45) is 5.92 Å². The fraction of sp³-hybridized carbons (Fsp3) is 0.533. The predicted octanol–water partition coefficient (Wildman–Crippen LogP) is 2.96. The number of hydrogen-bond donors (Lipinski definition) is 1. The number of rotatable bonds is 4. The minimum Gasteiger partial charge on any atom is -0.489 e. The maximum Gasteiger partial charge on any atom is 0.303 e. The zero-order valence-electron chi connectivity index (χ0n) is 11.1. The number of aliphatic carboxylic acids is 1. The Morgan fingerprint density at radius 3 is 2.80 bits per heavy atom. The molecule has 108 valence electrons. The van der Waals surface area contributed by atoms with Crippen molar-refractivity contribution in [3.8, 4) is 11.5 Å². The second-order valence-electron chi connectivity index (χ2n) is 5.39. The average molecular weight is 280 g/mol. The number of carbonyl (C=O) groups is 1. The molecule has 1 atom stereocenters. The molecule has 1 aliphatic carbocycles. The monoisotopic (exact) mass is 280 g/mol. The first-order valence-corrected chi connectivity index (χ1v) is 6.96. The van der Waals surface area contributed by atoms with E-state index in [0.717, 1.165) is 12.8 Å². The van der Waals surface area contributed by atoms with Gasteiger partial charge in [-0.25, -0.2) is 4.39 Å². The number of ether oxygens (including phenoxy) is 2. The SMILES string of the molecule is O=C(O)CC(c1ccc2c(c1F)OCCCO2)C1CC1. The summed E-state index contributed by atoms with van der Waals surface area (Å²) >= 11 is 0. The number of carboxylic acid groups (broad SMARTS) is 1. The molecule has 1 N–H and O–H groups in total. The van der Waals surface area contributed by atoms with E-state index >= 15 is 0 Å². The van der Waals surface area contributed by atoms with E-state index in [2.05, 4.69) is 0 Å². The molecule has 0 aromatic heterocycles. The van der Waals surface area contributed by atoms with E-state index in [1.165, 1.54) is 0 Å². The molecule has 0 amide bonds. The summed E-state index contributed by atoms with van der Waals surface area (Å²) in [6.07, 6.45) is 2.60. The Morgan fingerprint density at radius 2 is 2.10 bits per heavy atom. The van der Waals surface area contributed by atoms with Gasteiger partial charge in [0.15, 0.2) is 17.3 Å². The standard InChI is InChI=1S/C15H17FO4/c16-14-10(11(8-13(17)18)9-2-3-9)4-5-12-15(14)20-7-1-6-19-12/h4-5,9,11H,1-3,6-8H2,(H,17,18). The Balaban J connectivity index is 1.96. The lowest BCUT2D eigenvalue weighted by Crippen LogP contribution is -2.11. The van der Waals surface area contributed by atoms with Crippen molar-refractivity contribution in [1.82, 2.24) is 0 Å². The average Bonchev–Trinajstić information content (AvgIpc) is 3.24. The minimum atomic E-state index is -0.895. The zero-order valence-corrected chi connectivity index (χ0v) is 11.1. The summed E-state index contributed by atoms with van der Waals surface area (Å²) < 4.78 is 25.5. The summed E-state index contributed by atoms with van der Waals surface area (Å²) in [5, 5.41) is 9.02. The first kappa shape index (κ1) is 13.2. The van der Waals surface area contributed by atoms with Gasteiger partial charge in [-0.3, -0.25) is 4.79 Å². The molecule has 0 radical (unpaired) electrons. The third-order valence-electron chi connectivity index (χ3n) is 3.87. The third kappa shape index (κ3) is 2.57. The van der Waals surface area contributed by atoms with Gasteiger partial charge in [-0.2, -0.15) is 0 Å². The molecule has 5 heteroatoms. The van der Waals surface area contributed by atoms with Crippen molar-refractivity contribution in [3.05, 3.63) is 23.5 Å². The Bertz CT molecular complexity index is 525. The van der Waals surface area contributed by atoms with Crippen molar-refractivity contribution >= 4 is 5.97 Å². The second-order valence-corrected chi connectivity index (χ2v) is 5.39. The van der Waals surface area contributed by atoms with Crippen LogP contribution in [0.5, 0.6) is 11.5 Å². The topological polar surface area (TPSA) is 55.8 Å². The highest BCUT2D eigenvalue weighted by atomic mass is 19.1. The quantitative estimate of drug-likeness (QED) is 0.921. The van der Waals surface area contributed by atoms with Gasteiger partial charge in [-0.1, -0.05) is 6.07 Å². The van der Waals surface area contributed by atoms with Gasteiger partial charge < -0.3 is 14.6 Å². The molecular weight excluding hydrogens is 263 g/mol. The molecule has 1 saturated carbocycles. The van der Waals surface area contributed by atoms with Gasteiger partial charge in [0, 0.05) is 12.3 Å². The molecule has 2 aliphatic rings. The summed E-state index contributed by atoms with van der Waals surface area (Å²) in [5.41, 5.74) is 0.444. The molecule has 0 saturated heterocycles. The molecule has 1 unspecified atom stereocenters. The van der Waals surface area contributed by atoms with Crippen LogP contribution in [0, 0.1) is 11.7 Å². The van der Waals surface area contributed by atoms with Gasteiger partial charge in [0.2, 0.25) is 0 Å². The number of carboxylic acids is 1. The van der Waals surface area contributed by atoms with Crippen LogP contribution in [-0.2, 0) is 4.79 Å². The van der Waals surface area contributed by atoms with E-state index in [0.29, 0.717) is 30.9 Å². The van der Waals surface area contributed by atoms with Crippen LogP contribution < -0.4 is 9.47 Å². The first-order valence-electron chi connectivity index (χ1n) is 6.96. The van der Waals surface area contributed by atoms with Crippen molar-refractivity contribution in [2.75, 3.05) is 13.2 Å². The Hall–Kier alpha value is -1.78. The van der Waals surface area contributed by atoms with Crippen LogP contribution in [0.15, 0.2) is 12.1 Å². The maximum atomic E-state index is 14.6. The van der Waals surface area contributed by atoms with Crippen molar-refractivity contribution in [3.63, 3.8) is 0 Å². The molecule has 3 rings (SSSR count). The number of halogens is 1. The summed E-state index contributed by atoms with van der Waals surface area (Å²) in [5.74, 6) is -0.810. The van der Waals surface area contributed by atoms with Gasteiger partial charge in [0.25, 0.3) is 0 Å². The van der Waals surface area contributed by atoms with E-state index in [1.54, 1.807) is 12.1 Å². The largest absolute Gasteiger partial charge is 0.489 e. The molecule has 1 fully saturated rings. The van der Waals surface area contributed by atoms with E-state index in [4.69, 9.17) is 14.6 Å². The molecule has 0 spiro atoms. The molecule has 1 aromatic carbocycles. The molecular formula is C15H17FO4. The van der Waals surface area contributed by atoms with Crippen molar-refractivity contribution in [2.45, 2.75) is 31.6 Å². The summed E-state index contributed by atoms with van der Waals surface area (Å²) in [6.45, 7) is 0.924. The molecule has 0 bridgehead atoms. The summed E-state index contributed by atoms with van der Waals surface area (Å²) in [7, 11) is 0. The molecule has 20 heavy (non-hydrogen) atoms. The van der Waals surface area contributed by atoms with Crippen LogP contribution in [0.1, 0.15) is 37.2 Å². The number of benzene rings is 1. The van der Waals surface area contributed by atoms with Gasteiger partial charge in [0.1, 0.15) is 0 Å². The second kappa shape index (κ2) is 5.31. The summed E-state index contributed by atoms with van der Waals surface area (Å²) in [4.78, 5) is 11.0. The van der Waals surface area contributed by atoms with Crippen LogP contribution >= 0.6 is 0 Å². The normalized spacial score (nSPS) is 19.2. The first-order chi connectivity index (χ1) is 9.66. The number of hydrogen-bond acceptors (Lipinski definition) is 3. The lowest BCUT2D eigenvalue weighted by molar-refractivity contribution is -0.137. The lowest BCUT2D eigenvalue weighted by Gasteiger charge is -2.18. The smallest absolute Gasteiger partial charge is 0.303 e. The van der Waals surface area contributed by atoms with Crippen LogP contribution in [-0.4, -0.2) is 24.3 Å². The van der Waals surface area contributed by atoms with E-state index in [9.17, 15) is 9.18 Å². The highest BCUT2D eigenvalue weighted by Crippen LogP contribution is 2.47. The Labute approximate surface area is 116 Å². The van der Waals surface area contributed by atoms with Crippen LogP contribution in [0.25, 0.3) is 0 Å². The van der Waals surface area contributed by atoms with Gasteiger partial charge in [-0.05, 0) is 30.4 Å². The minimum absolute atomic E-state index is 0.0404. The van der Waals surface area contributed by atoms with Crippen LogP contribution in [0.3, 0.4) is 0 Å². The molecule has 1 aromatic rings. The van der Waals surface area contributed by atoms with Crippen molar-refractivity contribution < 1.29 is 23.8 Å². The fourth-order valence-corrected chi connectivity index (χ4v) is 2.72. The van der Waals surface area contributed by atoms with Crippen LogP contribution in [0.2, 0.25) is 0 Å².